The fourth-order valence-electron chi connectivity index (χ4n) is 3.10. The highest BCUT2D eigenvalue weighted by Crippen LogP contribution is 2.32. The summed E-state index contributed by atoms with van der Waals surface area (Å²) in [5, 5.41) is 6.88. The molecule has 0 aliphatic heterocycles. The lowest BCUT2D eigenvalue weighted by Crippen LogP contribution is -2.42. The SMILES string of the molecule is Cc1ccc2nc(-c3cc(NC(=S)NC(=O)C(C)Oc4ccc(Cl)cc4Cl)ccc3Cl)oc2c1. The van der Waals surface area contributed by atoms with Crippen molar-refractivity contribution in [3.05, 3.63) is 75.2 Å². The number of amides is 1. The summed E-state index contributed by atoms with van der Waals surface area (Å²) in [6, 6.07) is 15.7. The molecule has 4 rings (SSSR count). The molecule has 1 amide bonds. The maximum Gasteiger partial charge on any atom is 0.266 e. The Balaban J connectivity index is 1.44. The van der Waals surface area contributed by atoms with E-state index in [1.807, 2.05) is 25.1 Å². The summed E-state index contributed by atoms with van der Waals surface area (Å²) in [5.41, 5.74) is 3.64. The zero-order chi connectivity index (χ0) is 24.4. The minimum absolute atomic E-state index is 0.0871. The summed E-state index contributed by atoms with van der Waals surface area (Å²) in [6.07, 6.45) is -0.859. The van der Waals surface area contributed by atoms with E-state index in [-0.39, 0.29) is 5.11 Å². The standard InChI is InChI=1S/C24H18Cl3N3O3S/c1-12-3-7-19-21(9-12)33-23(29-19)16-11-15(5-6-17(16)26)28-24(34)30-22(31)13(2)32-20-8-4-14(25)10-18(20)27/h3-11,13H,1-2H3,(H2,28,30,31,34). The van der Waals surface area contributed by atoms with Gasteiger partial charge in [0.05, 0.1) is 15.6 Å². The van der Waals surface area contributed by atoms with Crippen LogP contribution >= 0.6 is 47.0 Å². The number of thiocarbonyl (C=S) groups is 1. The van der Waals surface area contributed by atoms with Gasteiger partial charge < -0.3 is 14.5 Å². The fourth-order valence-corrected chi connectivity index (χ4v) is 3.97. The number of aromatic nitrogens is 1. The number of oxazole rings is 1. The Labute approximate surface area is 216 Å². The Bertz CT molecular complexity index is 1410. The van der Waals surface area contributed by atoms with Crippen molar-refractivity contribution in [3.63, 3.8) is 0 Å². The molecular formula is C24H18Cl3N3O3S. The van der Waals surface area contributed by atoms with E-state index in [1.54, 1.807) is 37.3 Å². The van der Waals surface area contributed by atoms with Crippen LogP contribution in [0.15, 0.2) is 59.0 Å². The van der Waals surface area contributed by atoms with Crippen LogP contribution < -0.4 is 15.4 Å². The Morgan fingerprint density at radius 1 is 1.06 bits per heavy atom. The van der Waals surface area contributed by atoms with Gasteiger partial charge in [0.15, 0.2) is 16.8 Å². The third-order valence-corrected chi connectivity index (χ3v) is 5.87. The molecule has 0 radical (unpaired) electrons. The molecule has 1 unspecified atom stereocenters. The van der Waals surface area contributed by atoms with Crippen LogP contribution in [0.3, 0.4) is 0 Å². The molecule has 1 heterocycles. The van der Waals surface area contributed by atoms with Gasteiger partial charge in [0.1, 0.15) is 11.3 Å². The van der Waals surface area contributed by atoms with Crippen molar-refractivity contribution in [2.75, 3.05) is 5.32 Å². The van der Waals surface area contributed by atoms with E-state index in [9.17, 15) is 4.79 Å². The van der Waals surface area contributed by atoms with Gasteiger partial charge in [-0.05, 0) is 80.2 Å². The van der Waals surface area contributed by atoms with Gasteiger partial charge in [-0.3, -0.25) is 10.1 Å². The van der Waals surface area contributed by atoms with E-state index in [0.717, 1.165) is 11.1 Å². The first kappa shape index (κ1) is 24.3. The van der Waals surface area contributed by atoms with Gasteiger partial charge in [-0.1, -0.05) is 40.9 Å². The Morgan fingerprint density at radius 3 is 2.62 bits per heavy atom. The second-order valence-corrected chi connectivity index (χ2v) is 9.12. The predicted octanol–water partition coefficient (Wildman–Crippen LogP) is 7.04. The van der Waals surface area contributed by atoms with Crippen LogP contribution in [0.5, 0.6) is 5.75 Å². The normalized spacial score (nSPS) is 11.8. The number of rotatable bonds is 5. The summed E-state index contributed by atoms with van der Waals surface area (Å²) in [5.74, 6) is 0.265. The molecule has 174 valence electrons. The number of nitrogens with one attached hydrogen (secondary N) is 2. The van der Waals surface area contributed by atoms with Gasteiger partial charge in [-0.25, -0.2) is 4.98 Å². The summed E-state index contributed by atoms with van der Waals surface area (Å²) < 4.78 is 11.5. The molecule has 3 aromatic carbocycles. The molecule has 4 aromatic rings. The second-order valence-electron chi connectivity index (χ2n) is 7.46. The average molecular weight is 535 g/mol. The number of fused-ring (bicyclic) bond motifs is 1. The molecular weight excluding hydrogens is 517 g/mol. The van der Waals surface area contributed by atoms with Crippen molar-refractivity contribution in [2.24, 2.45) is 0 Å². The van der Waals surface area contributed by atoms with Crippen molar-refractivity contribution in [2.45, 2.75) is 20.0 Å². The molecule has 0 saturated carbocycles. The Hall–Kier alpha value is -2.84. The smallest absolute Gasteiger partial charge is 0.266 e. The number of ether oxygens (including phenoxy) is 1. The quantitative estimate of drug-likeness (QED) is 0.267. The number of anilines is 1. The summed E-state index contributed by atoms with van der Waals surface area (Å²) in [6.45, 7) is 3.56. The molecule has 10 heteroatoms. The highest BCUT2D eigenvalue weighted by Gasteiger charge is 2.18. The van der Waals surface area contributed by atoms with Crippen LogP contribution in [0.2, 0.25) is 15.1 Å². The van der Waals surface area contributed by atoms with Crippen molar-refractivity contribution < 1.29 is 13.9 Å². The van der Waals surface area contributed by atoms with Crippen LogP contribution in [0.1, 0.15) is 12.5 Å². The van der Waals surface area contributed by atoms with Crippen LogP contribution in [-0.4, -0.2) is 22.1 Å². The van der Waals surface area contributed by atoms with Crippen molar-refractivity contribution in [1.82, 2.24) is 10.3 Å². The number of halogens is 3. The zero-order valence-electron chi connectivity index (χ0n) is 18.0. The van der Waals surface area contributed by atoms with Gasteiger partial charge in [0.2, 0.25) is 5.89 Å². The molecule has 1 aromatic heterocycles. The van der Waals surface area contributed by atoms with Gasteiger partial charge >= 0.3 is 0 Å². The average Bonchev–Trinajstić information content (AvgIpc) is 3.19. The highest BCUT2D eigenvalue weighted by molar-refractivity contribution is 7.80. The number of hydrogen-bond donors (Lipinski definition) is 2. The zero-order valence-corrected chi connectivity index (χ0v) is 21.1. The monoisotopic (exact) mass is 533 g/mol. The van der Waals surface area contributed by atoms with Gasteiger partial charge in [-0.2, -0.15) is 0 Å². The summed E-state index contributed by atoms with van der Waals surface area (Å²) in [7, 11) is 0. The number of carbonyl (C=O) groups is 1. The first-order chi connectivity index (χ1) is 16.2. The number of benzene rings is 3. The largest absolute Gasteiger partial charge is 0.479 e. The van der Waals surface area contributed by atoms with E-state index >= 15 is 0 Å². The minimum atomic E-state index is -0.859. The second kappa shape index (κ2) is 10.2. The lowest BCUT2D eigenvalue weighted by Gasteiger charge is -2.17. The summed E-state index contributed by atoms with van der Waals surface area (Å²) in [4.78, 5) is 17.0. The van der Waals surface area contributed by atoms with Crippen molar-refractivity contribution in [3.8, 4) is 17.2 Å². The molecule has 0 saturated heterocycles. The minimum Gasteiger partial charge on any atom is -0.479 e. The number of hydrogen-bond acceptors (Lipinski definition) is 5. The lowest BCUT2D eigenvalue weighted by molar-refractivity contribution is -0.125. The van der Waals surface area contributed by atoms with Gasteiger partial charge in [-0.15, -0.1) is 0 Å². The van der Waals surface area contributed by atoms with E-state index in [0.29, 0.717) is 43.5 Å². The maximum absolute atomic E-state index is 12.5. The molecule has 34 heavy (non-hydrogen) atoms. The van der Waals surface area contributed by atoms with Gasteiger partial charge in [0, 0.05) is 10.7 Å². The third-order valence-electron chi connectivity index (χ3n) is 4.80. The summed E-state index contributed by atoms with van der Waals surface area (Å²) >= 11 is 23.7. The Kier molecular flexibility index (Phi) is 7.28. The maximum atomic E-state index is 12.5. The number of nitrogens with zero attached hydrogens (tertiary/aromatic N) is 1. The van der Waals surface area contributed by atoms with Crippen molar-refractivity contribution in [1.29, 1.82) is 0 Å². The van der Waals surface area contributed by atoms with Crippen LogP contribution in [0.25, 0.3) is 22.6 Å². The highest BCUT2D eigenvalue weighted by atomic mass is 35.5. The van der Waals surface area contributed by atoms with E-state index in [1.165, 1.54) is 6.07 Å². The Morgan fingerprint density at radius 2 is 1.85 bits per heavy atom. The van der Waals surface area contributed by atoms with Crippen LogP contribution in [0, 0.1) is 6.92 Å². The van der Waals surface area contributed by atoms with Crippen LogP contribution in [0.4, 0.5) is 5.69 Å². The number of aryl methyl sites for hydroxylation is 1. The molecule has 0 aliphatic rings. The van der Waals surface area contributed by atoms with Crippen molar-refractivity contribution >= 4 is 74.8 Å². The lowest BCUT2D eigenvalue weighted by atomic mass is 10.2. The first-order valence-electron chi connectivity index (χ1n) is 10.1. The molecule has 6 nitrogen and oxygen atoms in total. The van der Waals surface area contributed by atoms with Gasteiger partial charge in [0.25, 0.3) is 5.91 Å². The molecule has 0 aliphatic carbocycles. The first-order valence-corrected chi connectivity index (χ1v) is 11.6. The third kappa shape index (κ3) is 5.62. The molecule has 0 bridgehead atoms. The van der Waals surface area contributed by atoms with E-state index in [2.05, 4.69) is 15.6 Å². The fraction of sp³-hybridized carbons (Fsp3) is 0.125. The number of carbonyl (C=O) groups excluding carboxylic acids is 1. The van der Waals surface area contributed by atoms with E-state index in [4.69, 9.17) is 56.2 Å². The topological polar surface area (TPSA) is 76.4 Å². The molecule has 1 atom stereocenters. The van der Waals surface area contributed by atoms with Crippen LogP contribution in [-0.2, 0) is 4.79 Å². The van der Waals surface area contributed by atoms with E-state index < -0.39 is 12.0 Å². The predicted molar refractivity (Wildman–Crippen MR) is 140 cm³/mol. The molecule has 0 fully saturated rings. The molecule has 0 spiro atoms. The molecule has 2 N–H and O–H groups in total.